The number of nitrogens with zero attached hydrogens (tertiary/aromatic N) is 2. The molecule has 7 heteroatoms. The molecule has 1 aliphatic heterocycles. The van der Waals surface area contributed by atoms with Crippen LogP contribution in [0, 0.1) is 0 Å². The van der Waals surface area contributed by atoms with E-state index in [-0.39, 0.29) is 10.7 Å². The van der Waals surface area contributed by atoms with Gasteiger partial charge in [0.15, 0.2) is 16.6 Å². The monoisotopic (exact) mass is 534 g/mol. The van der Waals surface area contributed by atoms with Crippen LogP contribution >= 0.6 is 12.2 Å². The van der Waals surface area contributed by atoms with E-state index in [1.54, 1.807) is 48.5 Å². The van der Waals surface area contributed by atoms with Gasteiger partial charge in [0.2, 0.25) is 0 Å². The Morgan fingerprint density at radius 3 is 1.77 bits per heavy atom. The molecule has 5 rings (SSSR count). The standard InChI is InChI=1S/C32H26N2O4S/c1-2-37-29-21-24(18-19-28(29)38-22-23-12-6-3-7-13-23)20-27-30(35)33(25-14-8-4-9-15-25)32(39)34(31(27)36)26-16-10-5-11-17-26/h3-21H,2,22H2,1H3. The summed E-state index contributed by atoms with van der Waals surface area (Å²) in [5, 5.41) is 0.0965. The molecule has 4 aromatic carbocycles. The maximum atomic E-state index is 13.7. The van der Waals surface area contributed by atoms with Crippen LogP contribution in [0.25, 0.3) is 6.08 Å². The van der Waals surface area contributed by atoms with Gasteiger partial charge in [-0.3, -0.25) is 19.4 Å². The van der Waals surface area contributed by atoms with Crippen molar-refractivity contribution >= 4 is 46.6 Å². The smallest absolute Gasteiger partial charge is 0.270 e. The van der Waals surface area contributed by atoms with Crippen LogP contribution in [0.2, 0.25) is 0 Å². The van der Waals surface area contributed by atoms with Gasteiger partial charge in [-0.15, -0.1) is 0 Å². The van der Waals surface area contributed by atoms with Crippen LogP contribution in [0.1, 0.15) is 18.1 Å². The molecular weight excluding hydrogens is 508 g/mol. The molecule has 2 amide bonds. The topological polar surface area (TPSA) is 59.1 Å². The van der Waals surface area contributed by atoms with E-state index in [9.17, 15) is 9.59 Å². The lowest BCUT2D eigenvalue weighted by molar-refractivity contribution is -0.120. The molecule has 39 heavy (non-hydrogen) atoms. The molecule has 4 aromatic rings. The van der Waals surface area contributed by atoms with E-state index in [0.29, 0.717) is 41.7 Å². The average molecular weight is 535 g/mol. The zero-order valence-electron chi connectivity index (χ0n) is 21.3. The zero-order chi connectivity index (χ0) is 27.2. The fraction of sp³-hybridized carbons (Fsp3) is 0.0938. The summed E-state index contributed by atoms with van der Waals surface area (Å²) in [5.74, 6) is 0.104. The van der Waals surface area contributed by atoms with Crippen LogP contribution in [0.5, 0.6) is 11.5 Å². The van der Waals surface area contributed by atoms with Crippen molar-refractivity contribution in [3.8, 4) is 11.5 Å². The Hall–Kier alpha value is -4.75. The molecule has 1 aliphatic rings. The summed E-state index contributed by atoms with van der Waals surface area (Å²) in [4.78, 5) is 30.2. The lowest BCUT2D eigenvalue weighted by atomic mass is 10.0. The Morgan fingerprint density at radius 2 is 1.23 bits per heavy atom. The number of rotatable bonds is 8. The van der Waals surface area contributed by atoms with Crippen LogP contribution in [-0.2, 0) is 16.2 Å². The van der Waals surface area contributed by atoms with Gasteiger partial charge in [0, 0.05) is 0 Å². The van der Waals surface area contributed by atoms with E-state index in [1.165, 1.54) is 9.80 Å². The first-order chi connectivity index (χ1) is 19.1. The number of carbonyl (C=O) groups is 2. The Bertz CT molecular complexity index is 1460. The van der Waals surface area contributed by atoms with Crippen molar-refractivity contribution in [1.82, 2.24) is 0 Å². The Labute approximate surface area is 232 Å². The van der Waals surface area contributed by atoms with Gasteiger partial charge in [-0.2, -0.15) is 0 Å². The largest absolute Gasteiger partial charge is 0.490 e. The number of carbonyl (C=O) groups excluding carboxylic acids is 2. The molecule has 0 N–H and O–H groups in total. The SMILES string of the molecule is CCOc1cc(C=C2C(=O)N(c3ccccc3)C(=S)N(c3ccccc3)C2=O)ccc1OCc1ccccc1. The number of amides is 2. The van der Waals surface area contributed by atoms with Gasteiger partial charge in [-0.05, 0) is 72.7 Å². The molecule has 0 unspecified atom stereocenters. The number of anilines is 2. The molecule has 194 valence electrons. The van der Waals surface area contributed by atoms with Gasteiger partial charge < -0.3 is 9.47 Å². The summed E-state index contributed by atoms with van der Waals surface area (Å²) in [6.07, 6.45) is 1.57. The molecule has 0 spiro atoms. The first-order valence-corrected chi connectivity index (χ1v) is 13.0. The van der Waals surface area contributed by atoms with E-state index in [1.807, 2.05) is 73.7 Å². The van der Waals surface area contributed by atoms with Gasteiger partial charge in [-0.1, -0.05) is 72.8 Å². The summed E-state index contributed by atoms with van der Waals surface area (Å²) in [5.41, 5.74) is 2.79. The van der Waals surface area contributed by atoms with E-state index in [2.05, 4.69) is 0 Å². The van der Waals surface area contributed by atoms with Crippen molar-refractivity contribution in [2.75, 3.05) is 16.4 Å². The Kier molecular flexibility index (Phi) is 7.80. The molecule has 0 aromatic heterocycles. The van der Waals surface area contributed by atoms with Gasteiger partial charge in [-0.25, -0.2) is 0 Å². The highest BCUT2D eigenvalue weighted by molar-refractivity contribution is 7.81. The Morgan fingerprint density at radius 1 is 0.692 bits per heavy atom. The molecule has 0 bridgehead atoms. The van der Waals surface area contributed by atoms with Crippen molar-refractivity contribution in [1.29, 1.82) is 0 Å². The molecule has 0 aliphatic carbocycles. The molecule has 6 nitrogen and oxygen atoms in total. The summed E-state index contributed by atoms with van der Waals surface area (Å²) in [6, 6.07) is 33.3. The molecule has 0 saturated carbocycles. The summed E-state index contributed by atoms with van der Waals surface area (Å²) < 4.78 is 11.9. The van der Waals surface area contributed by atoms with Crippen molar-refractivity contribution in [3.05, 3.63) is 126 Å². The fourth-order valence-corrected chi connectivity index (χ4v) is 4.62. The van der Waals surface area contributed by atoms with Crippen molar-refractivity contribution in [2.45, 2.75) is 13.5 Å². The van der Waals surface area contributed by atoms with Crippen LogP contribution in [0.3, 0.4) is 0 Å². The van der Waals surface area contributed by atoms with Crippen LogP contribution in [0.15, 0.2) is 115 Å². The van der Waals surface area contributed by atoms with E-state index in [0.717, 1.165) is 5.56 Å². The normalized spacial score (nSPS) is 13.5. The van der Waals surface area contributed by atoms with Crippen molar-refractivity contribution < 1.29 is 19.1 Å². The van der Waals surface area contributed by atoms with Crippen molar-refractivity contribution in [3.63, 3.8) is 0 Å². The summed E-state index contributed by atoms with van der Waals surface area (Å²) in [6.45, 7) is 2.70. The number of ether oxygens (including phenoxy) is 2. The number of hydrogen-bond donors (Lipinski definition) is 0. The van der Waals surface area contributed by atoms with E-state index in [4.69, 9.17) is 21.7 Å². The van der Waals surface area contributed by atoms with Crippen LogP contribution < -0.4 is 19.3 Å². The van der Waals surface area contributed by atoms with Gasteiger partial charge >= 0.3 is 0 Å². The molecular formula is C32H26N2O4S. The van der Waals surface area contributed by atoms with E-state index < -0.39 is 11.8 Å². The van der Waals surface area contributed by atoms with Crippen molar-refractivity contribution in [2.24, 2.45) is 0 Å². The number of thiocarbonyl (C=S) groups is 1. The zero-order valence-corrected chi connectivity index (χ0v) is 22.1. The van der Waals surface area contributed by atoms with Gasteiger partial charge in [0.1, 0.15) is 12.2 Å². The molecule has 1 heterocycles. The molecule has 0 radical (unpaired) electrons. The second-order valence-corrected chi connectivity index (χ2v) is 9.07. The fourth-order valence-electron chi connectivity index (χ4n) is 4.24. The minimum absolute atomic E-state index is 0.0169. The third-order valence-electron chi connectivity index (χ3n) is 6.09. The number of para-hydroxylation sites is 2. The minimum Gasteiger partial charge on any atom is -0.490 e. The third-order valence-corrected chi connectivity index (χ3v) is 6.46. The maximum Gasteiger partial charge on any atom is 0.270 e. The predicted molar refractivity (Wildman–Crippen MR) is 157 cm³/mol. The second-order valence-electron chi connectivity index (χ2n) is 8.71. The first-order valence-electron chi connectivity index (χ1n) is 12.5. The highest BCUT2D eigenvalue weighted by atomic mass is 32.1. The number of hydrogen-bond acceptors (Lipinski definition) is 5. The Balaban J connectivity index is 1.52. The summed E-state index contributed by atoms with van der Waals surface area (Å²) in [7, 11) is 0. The highest BCUT2D eigenvalue weighted by Gasteiger charge is 2.41. The highest BCUT2D eigenvalue weighted by Crippen LogP contribution is 2.33. The number of benzene rings is 4. The molecule has 1 saturated heterocycles. The molecule has 1 fully saturated rings. The maximum absolute atomic E-state index is 13.7. The summed E-state index contributed by atoms with van der Waals surface area (Å²) >= 11 is 5.67. The lowest BCUT2D eigenvalue weighted by Gasteiger charge is -2.36. The average Bonchev–Trinajstić information content (AvgIpc) is 2.97. The quantitative estimate of drug-likeness (QED) is 0.148. The first kappa shape index (κ1) is 25.9. The molecule has 0 atom stereocenters. The van der Waals surface area contributed by atoms with Gasteiger partial charge in [0.05, 0.1) is 18.0 Å². The lowest BCUT2D eigenvalue weighted by Crippen LogP contribution is -2.56. The predicted octanol–water partition coefficient (Wildman–Crippen LogP) is 6.41. The minimum atomic E-state index is -0.495. The van der Waals surface area contributed by atoms with Crippen LogP contribution in [0.4, 0.5) is 11.4 Å². The van der Waals surface area contributed by atoms with Crippen LogP contribution in [-0.4, -0.2) is 23.5 Å². The second kappa shape index (κ2) is 11.8. The van der Waals surface area contributed by atoms with E-state index >= 15 is 0 Å². The van der Waals surface area contributed by atoms with Gasteiger partial charge in [0.25, 0.3) is 11.8 Å². The third kappa shape index (κ3) is 5.58.